The van der Waals surface area contributed by atoms with Gasteiger partial charge in [-0.05, 0) is 20.3 Å². The SMILES string of the molecule is CONC=CC(=O)c1c2c3c(C)c(O)c1/C(O)=C/NC(=O)/C(C)=C\C=C\[C@H](C)[C@H](O)[C@@H](C)[C@@H](O)[C@@H](C)[C@H](OC(C)=O)[C@H](C)[C@@H](OC)CCO[C@@H](O3)C2=O. The Bertz CT molecular complexity index is 1650. The lowest BCUT2D eigenvalue weighted by Crippen LogP contribution is -2.47. The van der Waals surface area contributed by atoms with Gasteiger partial charge in [0.1, 0.15) is 23.4 Å². The molecule has 2 aliphatic rings. The number of hydroxylamine groups is 1. The third-order valence-electron chi connectivity index (χ3n) is 9.78. The average Bonchev–Trinajstić information content (AvgIpc) is 3.45. The number of rotatable bonds is 6. The van der Waals surface area contributed by atoms with Crippen LogP contribution in [0, 0.1) is 30.6 Å². The largest absolute Gasteiger partial charge is 0.507 e. The summed E-state index contributed by atoms with van der Waals surface area (Å²) in [6, 6.07) is 0. The minimum Gasteiger partial charge on any atom is -0.507 e. The number of methoxy groups -OCH3 is 1. The first kappa shape index (κ1) is 42.9. The molecule has 15 heteroatoms. The highest BCUT2D eigenvalue weighted by atomic mass is 16.7. The lowest BCUT2D eigenvalue weighted by molar-refractivity contribution is -0.162. The van der Waals surface area contributed by atoms with Gasteiger partial charge in [-0.2, -0.15) is 0 Å². The van der Waals surface area contributed by atoms with Gasteiger partial charge in [-0.15, -0.1) is 0 Å². The van der Waals surface area contributed by atoms with Gasteiger partial charge in [0.25, 0.3) is 12.2 Å². The van der Waals surface area contributed by atoms with Gasteiger partial charge in [0, 0.05) is 67.3 Å². The molecule has 2 heterocycles. The molecule has 0 unspecified atom stereocenters. The number of esters is 1. The van der Waals surface area contributed by atoms with Gasteiger partial charge in [0.05, 0.1) is 48.7 Å². The minimum atomic E-state index is -1.55. The van der Waals surface area contributed by atoms with Crippen molar-refractivity contribution in [3.8, 4) is 11.5 Å². The van der Waals surface area contributed by atoms with Crippen molar-refractivity contribution in [1.82, 2.24) is 10.8 Å². The van der Waals surface area contributed by atoms with Crippen LogP contribution in [0.25, 0.3) is 5.76 Å². The van der Waals surface area contributed by atoms with E-state index < -0.39 is 100 Å². The number of carbonyl (C=O) groups excluding carboxylic acids is 4. The van der Waals surface area contributed by atoms with Crippen molar-refractivity contribution in [2.45, 2.75) is 85.6 Å². The third-order valence-corrected chi connectivity index (χ3v) is 9.78. The van der Waals surface area contributed by atoms with Crippen LogP contribution in [0.3, 0.4) is 0 Å². The summed E-state index contributed by atoms with van der Waals surface area (Å²) < 4.78 is 23.2. The maximum absolute atomic E-state index is 13.9. The molecule has 1 aromatic rings. The highest BCUT2D eigenvalue weighted by Crippen LogP contribution is 2.45. The number of carbonyl (C=O) groups is 4. The van der Waals surface area contributed by atoms with Crippen LogP contribution in [-0.2, 0) is 28.6 Å². The second kappa shape index (κ2) is 19.0. The summed E-state index contributed by atoms with van der Waals surface area (Å²) in [7, 11) is 2.78. The van der Waals surface area contributed by atoms with Gasteiger partial charge in [0.2, 0.25) is 5.78 Å². The number of aliphatic hydroxyl groups excluding tert-OH is 3. The number of aliphatic hydroxyl groups is 3. The van der Waals surface area contributed by atoms with E-state index in [1.807, 2.05) is 0 Å². The molecule has 53 heavy (non-hydrogen) atoms. The quantitative estimate of drug-likeness (QED) is 0.106. The summed E-state index contributed by atoms with van der Waals surface area (Å²) in [6.07, 6.45) is 2.77. The van der Waals surface area contributed by atoms with E-state index in [1.165, 1.54) is 41.1 Å². The van der Waals surface area contributed by atoms with E-state index in [4.69, 9.17) is 23.8 Å². The predicted octanol–water partition coefficient (Wildman–Crippen LogP) is 3.56. The Morgan fingerprint density at radius 2 is 1.68 bits per heavy atom. The zero-order chi connectivity index (χ0) is 39.7. The van der Waals surface area contributed by atoms with E-state index in [1.54, 1.807) is 39.8 Å². The maximum Gasteiger partial charge on any atom is 0.302 e. The van der Waals surface area contributed by atoms with Crippen LogP contribution in [-0.4, -0.2) is 95.4 Å². The molecule has 3 bridgehead atoms. The number of amides is 1. The highest BCUT2D eigenvalue weighted by molar-refractivity contribution is 6.19. The average molecular weight is 745 g/mol. The molecule has 2 aliphatic heterocycles. The van der Waals surface area contributed by atoms with Crippen molar-refractivity contribution >= 4 is 29.2 Å². The number of Topliss-reactive ketones (excluding diaryl/α,β-unsaturated/α-hetero) is 1. The summed E-state index contributed by atoms with van der Waals surface area (Å²) >= 11 is 0. The molecule has 0 fully saturated rings. The molecular formula is C38H52N2O13. The van der Waals surface area contributed by atoms with Crippen molar-refractivity contribution in [3.05, 3.63) is 64.5 Å². The lowest BCUT2D eigenvalue weighted by Gasteiger charge is -2.38. The maximum atomic E-state index is 13.9. The Morgan fingerprint density at radius 3 is 2.30 bits per heavy atom. The second-order valence-electron chi connectivity index (χ2n) is 13.4. The van der Waals surface area contributed by atoms with Crippen LogP contribution >= 0.6 is 0 Å². The normalized spacial score (nSPS) is 31.7. The van der Waals surface area contributed by atoms with E-state index in [0.717, 1.165) is 18.5 Å². The number of nitrogens with one attached hydrogen (secondary N) is 2. The van der Waals surface area contributed by atoms with E-state index >= 15 is 0 Å². The second-order valence-corrected chi connectivity index (χ2v) is 13.4. The van der Waals surface area contributed by atoms with E-state index in [-0.39, 0.29) is 35.5 Å². The smallest absolute Gasteiger partial charge is 0.302 e. The number of fused-ring (bicyclic) bond motifs is 2. The molecule has 3 rings (SSSR count). The van der Waals surface area contributed by atoms with Crippen molar-refractivity contribution < 1.29 is 63.4 Å². The zero-order valence-corrected chi connectivity index (χ0v) is 31.5. The number of phenolic OH excluding ortho intramolecular Hbond substituents is 1. The van der Waals surface area contributed by atoms with Crippen LogP contribution in [0.5, 0.6) is 11.5 Å². The summed E-state index contributed by atoms with van der Waals surface area (Å²) in [5, 5.41) is 47.5. The molecule has 15 nitrogen and oxygen atoms in total. The molecule has 0 saturated carbocycles. The number of ether oxygens (including phenoxy) is 4. The first-order valence-corrected chi connectivity index (χ1v) is 17.3. The molecular weight excluding hydrogens is 692 g/mol. The van der Waals surface area contributed by atoms with Crippen LogP contribution in [0.15, 0.2) is 42.3 Å². The Hall–Kier alpha value is -4.54. The van der Waals surface area contributed by atoms with Crippen molar-refractivity contribution in [3.63, 3.8) is 0 Å². The fraction of sp³-hybridized carbons (Fsp3) is 0.526. The number of hydrogen-bond donors (Lipinski definition) is 6. The third kappa shape index (κ3) is 9.91. The first-order chi connectivity index (χ1) is 25.0. The molecule has 6 N–H and O–H groups in total. The van der Waals surface area contributed by atoms with Crippen LogP contribution < -0.4 is 15.5 Å². The van der Waals surface area contributed by atoms with Gasteiger partial charge in [-0.1, -0.05) is 45.9 Å². The van der Waals surface area contributed by atoms with Gasteiger partial charge in [-0.3, -0.25) is 29.5 Å². The Labute approximate surface area is 309 Å². The topological polar surface area (TPSA) is 219 Å². The number of aromatic hydroxyl groups is 1. The first-order valence-electron chi connectivity index (χ1n) is 17.3. The van der Waals surface area contributed by atoms with Gasteiger partial charge in [-0.25, -0.2) is 0 Å². The molecule has 0 aromatic heterocycles. The Kier molecular flexibility index (Phi) is 15.4. The highest BCUT2D eigenvalue weighted by Gasteiger charge is 2.43. The van der Waals surface area contributed by atoms with Gasteiger partial charge in [0.15, 0.2) is 5.78 Å². The Balaban J connectivity index is 2.16. The Morgan fingerprint density at radius 1 is 1.00 bits per heavy atom. The molecule has 0 spiro atoms. The zero-order valence-electron chi connectivity index (χ0n) is 31.5. The van der Waals surface area contributed by atoms with Crippen LogP contribution in [0.2, 0.25) is 0 Å². The fourth-order valence-electron chi connectivity index (χ4n) is 6.59. The van der Waals surface area contributed by atoms with Crippen LogP contribution in [0.4, 0.5) is 0 Å². The number of allylic oxidation sites excluding steroid dienone is 3. The van der Waals surface area contributed by atoms with Crippen LogP contribution in [0.1, 0.15) is 79.8 Å². The van der Waals surface area contributed by atoms with E-state index in [9.17, 15) is 39.6 Å². The van der Waals surface area contributed by atoms with Crippen molar-refractivity contribution in [2.75, 3.05) is 20.8 Å². The number of phenols is 1. The summed E-state index contributed by atoms with van der Waals surface area (Å²) in [5.74, 6) is -6.56. The van der Waals surface area contributed by atoms with E-state index in [0.29, 0.717) is 0 Å². The molecule has 292 valence electrons. The van der Waals surface area contributed by atoms with Crippen molar-refractivity contribution in [2.24, 2.45) is 23.7 Å². The summed E-state index contributed by atoms with van der Waals surface area (Å²) in [4.78, 5) is 57.4. The number of ketones is 2. The standard InChI is InChI=1S/C38H52N2O13/c1-18-11-10-12-19(2)37(48)39-17-26(43)29-28(25(42)13-15-40-50-9)30-34(47)38(53-36(30)23(6)33(29)46)51-16-14-27(49-8)20(3)35(52-24(7)41)22(5)32(45)21(4)31(18)44/h10-13,15,17-18,20-22,27,31-32,35,38,40,43-46H,14,16H2,1-9H3,(H,39,48)/b11-10+,15-13?,19-12-,26-17-/t18-,20+,21+,22+,27-,31-,32+,35+,38-/m0/s1. The van der Waals surface area contributed by atoms with Gasteiger partial charge < -0.3 is 44.7 Å². The molecule has 9 atom stereocenters. The summed E-state index contributed by atoms with van der Waals surface area (Å²) in [5.41, 5.74) is 1.48. The van der Waals surface area contributed by atoms with Crippen molar-refractivity contribution in [1.29, 1.82) is 0 Å². The monoisotopic (exact) mass is 744 g/mol. The molecule has 1 aromatic carbocycles. The molecule has 0 radical (unpaired) electrons. The molecule has 0 aliphatic carbocycles. The molecule has 0 saturated heterocycles. The van der Waals surface area contributed by atoms with Gasteiger partial charge >= 0.3 is 5.97 Å². The number of benzene rings is 1. The molecule has 1 amide bonds. The lowest BCUT2D eigenvalue weighted by atomic mass is 9.78. The predicted molar refractivity (Wildman–Crippen MR) is 192 cm³/mol. The van der Waals surface area contributed by atoms with E-state index in [2.05, 4.69) is 10.8 Å². The summed E-state index contributed by atoms with van der Waals surface area (Å²) in [6.45, 7) is 11.0. The number of hydrogen-bond acceptors (Lipinski definition) is 14. The fourth-order valence-corrected chi connectivity index (χ4v) is 6.59. The minimum absolute atomic E-state index is 0.0219.